The van der Waals surface area contributed by atoms with Gasteiger partial charge in [0.2, 0.25) is 0 Å². The predicted octanol–water partition coefficient (Wildman–Crippen LogP) is 2.87. The Labute approximate surface area is 122 Å². The van der Waals surface area contributed by atoms with Gasteiger partial charge in [-0.3, -0.25) is 4.79 Å². The Hall–Kier alpha value is -2.34. The molecule has 20 heavy (non-hydrogen) atoms. The third kappa shape index (κ3) is 2.37. The van der Waals surface area contributed by atoms with Crippen LogP contribution in [0.2, 0.25) is 0 Å². The number of imidazole rings is 1. The van der Waals surface area contributed by atoms with Gasteiger partial charge in [-0.25, -0.2) is 4.79 Å². The van der Waals surface area contributed by atoms with Crippen LogP contribution in [0.4, 0.5) is 5.69 Å². The lowest BCUT2D eigenvalue weighted by Gasteiger charge is -2.07. The molecule has 3 rings (SSSR count). The van der Waals surface area contributed by atoms with Crippen molar-refractivity contribution in [2.45, 2.75) is 0 Å². The summed E-state index contributed by atoms with van der Waals surface area (Å²) in [4.78, 5) is 28.7. The van der Waals surface area contributed by atoms with Crippen LogP contribution in [0, 0.1) is 0 Å². The van der Waals surface area contributed by atoms with E-state index >= 15 is 0 Å². The molecule has 5 nitrogen and oxygen atoms in total. The summed E-state index contributed by atoms with van der Waals surface area (Å²) < 4.78 is 0.699. The molecule has 1 heterocycles. The summed E-state index contributed by atoms with van der Waals surface area (Å²) in [5.74, 6) is -0.205. The number of halogens is 1. The molecule has 0 aliphatic heterocycles. The molecule has 0 saturated carbocycles. The smallest absolute Gasteiger partial charge is 0.321 e. The van der Waals surface area contributed by atoms with Gasteiger partial charge in [-0.15, -0.1) is 0 Å². The fraction of sp³-hybridized carbons (Fsp3) is 0. The normalized spacial score (nSPS) is 10.7. The summed E-state index contributed by atoms with van der Waals surface area (Å²) in [6.45, 7) is 0. The minimum Gasteiger partial charge on any atom is -0.321 e. The summed E-state index contributed by atoms with van der Waals surface area (Å²) in [5, 5.41) is 2.81. The molecule has 0 aliphatic rings. The van der Waals surface area contributed by atoms with E-state index in [1.165, 1.54) is 0 Å². The number of hydrogen-bond acceptors (Lipinski definition) is 2. The van der Waals surface area contributed by atoms with Crippen molar-refractivity contribution in [3.8, 4) is 0 Å². The first-order valence-electron chi connectivity index (χ1n) is 5.91. The standard InChI is InChI=1S/C14H10BrN3O2/c15-9-6-11-12(18-14(20)17-11)7-10(9)16-13(19)8-4-2-1-3-5-8/h1-7H,(H,16,19)(H2,17,18,20). The zero-order valence-electron chi connectivity index (χ0n) is 10.2. The van der Waals surface area contributed by atoms with E-state index in [2.05, 4.69) is 31.2 Å². The zero-order chi connectivity index (χ0) is 14.1. The maximum absolute atomic E-state index is 12.1. The Kier molecular flexibility index (Phi) is 3.15. The number of aromatic nitrogens is 2. The third-order valence-electron chi connectivity index (χ3n) is 2.89. The van der Waals surface area contributed by atoms with Crippen LogP contribution in [0.15, 0.2) is 51.7 Å². The quantitative estimate of drug-likeness (QED) is 0.675. The van der Waals surface area contributed by atoms with Crippen LogP contribution < -0.4 is 11.0 Å². The van der Waals surface area contributed by atoms with Gasteiger partial charge in [0.15, 0.2) is 0 Å². The van der Waals surface area contributed by atoms with Gasteiger partial charge in [-0.1, -0.05) is 18.2 Å². The first-order chi connectivity index (χ1) is 9.63. The number of nitrogens with one attached hydrogen (secondary N) is 3. The van der Waals surface area contributed by atoms with Crippen LogP contribution in [0.3, 0.4) is 0 Å². The van der Waals surface area contributed by atoms with Crippen molar-refractivity contribution in [2.24, 2.45) is 0 Å². The van der Waals surface area contributed by atoms with Crippen LogP contribution in [-0.4, -0.2) is 15.9 Å². The number of amides is 1. The summed E-state index contributed by atoms with van der Waals surface area (Å²) in [7, 11) is 0. The van der Waals surface area contributed by atoms with Crippen LogP contribution in [0.5, 0.6) is 0 Å². The summed E-state index contributed by atoms with van der Waals surface area (Å²) in [6, 6.07) is 12.4. The molecule has 6 heteroatoms. The lowest BCUT2D eigenvalue weighted by atomic mass is 10.2. The van der Waals surface area contributed by atoms with E-state index in [9.17, 15) is 9.59 Å². The second-order valence-electron chi connectivity index (χ2n) is 4.28. The van der Waals surface area contributed by atoms with Crippen molar-refractivity contribution in [1.29, 1.82) is 0 Å². The number of aromatic amines is 2. The molecule has 1 aromatic heterocycles. The van der Waals surface area contributed by atoms with Gasteiger partial charge in [0.1, 0.15) is 0 Å². The minimum atomic E-state index is -0.279. The number of fused-ring (bicyclic) bond motifs is 1. The molecule has 0 aliphatic carbocycles. The van der Waals surface area contributed by atoms with Gasteiger partial charge < -0.3 is 15.3 Å². The van der Waals surface area contributed by atoms with Crippen molar-refractivity contribution in [3.63, 3.8) is 0 Å². The highest BCUT2D eigenvalue weighted by atomic mass is 79.9. The largest absolute Gasteiger partial charge is 0.323 e. The molecule has 3 N–H and O–H groups in total. The van der Waals surface area contributed by atoms with Gasteiger partial charge in [-0.2, -0.15) is 0 Å². The Balaban J connectivity index is 1.96. The Morgan fingerprint density at radius 2 is 1.70 bits per heavy atom. The lowest BCUT2D eigenvalue weighted by Crippen LogP contribution is -2.12. The number of carbonyl (C=O) groups excluding carboxylic acids is 1. The van der Waals surface area contributed by atoms with Crippen molar-refractivity contribution < 1.29 is 4.79 Å². The van der Waals surface area contributed by atoms with Crippen molar-refractivity contribution in [3.05, 3.63) is 63.0 Å². The van der Waals surface area contributed by atoms with Crippen LogP contribution in [0.25, 0.3) is 11.0 Å². The predicted molar refractivity (Wildman–Crippen MR) is 81.0 cm³/mol. The number of hydrogen-bond donors (Lipinski definition) is 3. The second-order valence-corrected chi connectivity index (χ2v) is 5.13. The van der Waals surface area contributed by atoms with Gasteiger partial charge in [0, 0.05) is 10.0 Å². The first kappa shape index (κ1) is 12.7. The van der Waals surface area contributed by atoms with E-state index in [1.807, 2.05) is 6.07 Å². The molecule has 0 unspecified atom stereocenters. The van der Waals surface area contributed by atoms with E-state index in [0.29, 0.717) is 26.8 Å². The first-order valence-corrected chi connectivity index (χ1v) is 6.71. The van der Waals surface area contributed by atoms with Crippen molar-refractivity contribution >= 4 is 38.6 Å². The van der Waals surface area contributed by atoms with Gasteiger partial charge >= 0.3 is 5.69 Å². The highest BCUT2D eigenvalue weighted by Gasteiger charge is 2.10. The van der Waals surface area contributed by atoms with Crippen molar-refractivity contribution in [2.75, 3.05) is 5.32 Å². The fourth-order valence-electron chi connectivity index (χ4n) is 1.94. The van der Waals surface area contributed by atoms with Crippen molar-refractivity contribution in [1.82, 2.24) is 9.97 Å². The van der Waals surface area contributed by atoms with Crippen LogP contribution in [0.1, 0.15) is 10.4 Å². The van der Waals surface area contributed by atoms with Crippen LogP contribution >= 0.6 is 15.9 Å². The molecule has 1 amide bonds. The molecule has 0 fully saturated rings. The maximum atomic E-state index is 12.1. The Morgan fingerprint density at radius 3 is 2.40 bits per heavy atom. The molecular formula is C14H10BrN3O2. The Morgan fingerprint density at radius 1 is 1.05 bits per heavy atom. The van der Waals surface area contributed by atoms with E-state index in [4.69, 9.17) is 0 Å². The van der Waals surface area contributed by atoms with E-state index < -0.39 is 0 Å². The van der Waals surface area contributed by atoms with E-state index in [1.54, 1.807) is 36.4 Å². The number of anilines is 1. The minimum absolute atomic E-state index is 0.205. The molecule has 2 aromatic carbocycles. The average Bonchev–Trinajstić information content (AvgIpc) is 2.79. The highest BCUT2D eigenvalue weighted by Crippen LogP contribution is 2.26. The molecule has 3 aromatic rings. The number of H-pyrrole nitrogens is 2. The third-order valence-corrected chi connectivity index (χ3v) is 3.54. The summed E-state index contributed by atoms with van der Waals surface area (Å²) >= 11 is 3.38. The van der Waals surface area contributed by atoms with Gasteiger partial charge in [0.25, 0.3) is 5.91 Å². The highest BCUT2D eigenvalue weighted by molar-refractivity contribution is 9.10. The topological polar surface area (TPSA) is 77.8 Å². The average molecular weight is 332 g/mol. The number of rotatable bonds is 2. The molecular weight excluding hydrogens is 322 g/mol. The maximum Gasteiger partial charge on any atom is 0.323 e. The zero-order valence-corrected chi connectivity index (χ0v) is 11.8. The monoisotopic (exact) mass is 331 g/mol. The molecule has 0 atom stereocenters. The number of carbonyl (C=O) groups is 1. The lowest BCUT2D eigenvalue weighted by molar-refractivity contribution is 0.102. The molecule has 100 valence electrons. The molecule has 0 spiro atoms. The number of benzene rings is 2. The summed E-state index contributed by atoms with van der Waals surface area (Å²) in [6.07, 6.45) is 0. The fourth-order valence-corrected chi connectivity index (χ4v) is 2.38. The van der Waals surface area contributed by atoms with Crippen LogP contribution in [-0.2, 0) is 0 Å². The Bertz CT molecular complexity index is 836. The molecule has 0 bridgehead atoms. The summed E-state index contributed by atoms with van der Waals surface area (Å²) in [5.41, 5.74) is 2.21. The molecule has 0 radical (unpaired) electrons. The molecule has 0 saturated heterocycles. The SMILES string of the molecule is O=C(Nc1cc2[nH]c(=O)[nH]c2cc1Br)c1ccccc1. The van der Waals surface area contributed by atoms with Gasteiger partial charge in [-0.05, 0) is 40.2 Å². The van der Waals surface area contributed by atoms with Gasteiger partial charge in [0.05, 0.1) is 16.7 Å². The van der Waals surface area contributed by atoms with E-state index in [-0.39, 0.29) is 11.6 Å². The second kappa shape index (κ2) is 4.97. The van der Waals surface area contributed by atoms with E-state index in [0.717, 1.165) is 0 Å².